The summed E-state index contributed by atoms with van der Waals surface area (Å²) in [5.74, 6) is 1.52. The van der Waals surface area contributed by atoms with Crippen LogP contribution in [-0.2, 0) is 9.53 Å². The van der Waals surface area contributed by atoms with Crippen LogP contribution < -0.4 is 5.32 Å². The van der Waals surface area contributed by atoms with Crippen LogP contribution in [0.5, 0.6) is 0 Å². The maximum Gasteiger partial charge on any atom is 0.234 e. The van der Waals surface area contributed by atoms with Gasteiger partial charge in [0.15, 0.2) is 0 Å². The van der Waals surface area contributed by atoms with Crippen molar-refractivity contribution in [2.75, 3.05) is 30.5 Å². The fourth-order valence-electron chi connectivity index (χ4n) is 2.33. The van der Waals surface area contributed by atoms with Gasteiger partial charge in [-0.2, -0.15) is 11.8 Å². The summed E-state index contributed by atoms with van der Waals surface area (Å²) < 4.78 is 5.00. The third kappa shape index (κ3) is 4.75. The second-order valence-electron chi connectivity index (χ2n) is 5.45. The molecule has 1 aromatic rings. The lowest BCUT2D eigenvalue weighted by Gasteiger charge is -2.19. The van der Waals surface area contributed by atoms with E-state index in [4.69, 9.17) is 4.74 Å². The number of carbonyl (C=O) groups is 1. The van der Waals surface area contributed by atoms with Crippen molar-refractivity contribution in [2.45, 2.75) is 41.0 Å². The summed E-state index contributed by atoms with van der Waals surface area (Å²) in [6.07, 6.45) is 0.981. The monoisotopic (exact) mass is 309 g/mol. The summed E-state index contributed by atoms with van der Waals surface area (Å²) in [6, 6.07) is 0. The molecule has 0 spiro atoms. The van der Waals surface area contributed by atoms with Crippen molar-refractivity contribution in [3.8, 4) is 0 Å². The second kappa shape index (κ2) is 8.44. The standard InChI is InChI=1S/C17H27NO2S/c1-11-12(2)14(4)17(15(5)13(11)3)18-16(19)10-21-9-7-8-20-6/h7-10H2,1-6H3,(H,18,19). The number of rotatable bonds is 7. The SMILES string of the molecule is COCCCSCC(=O)Nc1c(C)c(C)c(C)c(C)c1C. The molecule has 0 aromatic heterocycles. The van der Waals surface area contributed by atoms with Crippen molar-refractivity contribution < 1.29 is 9.53 Å². The van der Waals surface area contributed by atoms with Crippen LogP contribution in [-0.4, -0.2) is 31.1 Å². The summed E-state index contributed by atoms with van der Waals surface area (Å²) in [5, 5.41) is 3.09. The van der Waals surface area contributed by atoms with Gasteiger partial charge in [0.2, 0.25) is 5.91 Å². The lowest BCUT2D eigenvalue weighted by Crippen LogP contribution is -2.17. The largest absolute Gasteiger partial charge is 0.385 e. The average Bonchev–Trinajstić information content (AvgIpc) is 2.47. The van der Waals surface area contributed by atoms with Crippen LogP contribution in [0.1, 0.15) is 34.2 Å². The van der Waals surface area contributed by atoms with Crippen molar-refractivity contribution >= 4 is 23.4 Å². The number of methoxy groups -OCH3 is 1. The Balaban J connectivity index is 2.69. The van der Waals surface area contributed by atoms with Crippen LogP contribution in [0.4, 0.5) is 5.69 Å². The highest BCUT2D eigenvalue weighted by atomic mass is 32.2. The molecule has 0 heterocycles. The summed E-state index contributed by atoms with van der Waals surface area (Å²) >= 11 is 1.65. The molecular formula is C17H27NO2S. The predicted octanol–water partition coefficient (Wildman–Crippen LogP) is 3.94. The lowest BCUT2D eigenvalue weighted by atomic mass is 9.93. The van der Waals surface area contributed by atoms with Gasteiger partial charge in [-0.15, -0.1) is 0 Å². The molecule has 0 aliphatic heterocycles. The fourth-order valence-corrected chi connectivity index (χ4v) is 3.06. The maximum absolute atomic E-state index is 12.1. The molecule has 0 fully saturated rings. The number of anilines is 1. The van der Waals surface area contributed by atoms with Gasteiger partial charge in [-0.25, -0.2) is 0 Å². The van der Waals surface area contributed by atoms with Crippen molar-refractivity contribution in [1.82, 2.24) is 0 Å². The molecule has 4 heteroatoms. The Labute approximate surface area is 132 Å². The molecule has 0 radical (unpaired) electrons. The third-order valence-electron chi connectivity index (χ3n) is 4.13. The molecule has 0 unspecified atom stereocenters. The lowest BCUT2D eigenvalue weighted by molar-refractivity contribution is -0.113. The molecule has 0 saturated heterocycles. The molecule has 3 nitrogen and oxygen atoms in total. The highest BCUT2D eigenvalue weighted by molar-refractivity contribution is 7.99. The van der Waals surface area contributed by atoms with Crippen LogP contribution in [0.25, 0.3) is 0 Å². The summed E-state index contributed by atoms with van der Waals surface area (Å²) in [4.78, 5) is 12.1. The molecular weight excluding hydrogens is 282 g/mol. The minimum absolute atomic E-state index is 0.0752. The van der Waals surface area contributed by atoms with E-state index in [1.165, 1.54) is 27.8 Å². The third-order valence-corrected chi connectivity index (χ3v) is 5.18. The van der Waals surface area contributed by atoms with E-state index in [9.17, 15) is 4.79 Å². The summed E-state index contributed by atoms with van der Waals surface area (Å²) in [7, 11) is 1.70. The summed E-state index contributed by atoms with van der Waals surface area (Å²) in [5.41, 5.74) is 7.18. The van der Waals surface area contributed by atoms with Gasteiger partial charge in [0.05, 0.1) is 5.75 Å². The first-order valence-electron chi connectivity index (χ1n) is 7.33. The van der Waals surface area contributed by atoms with Gasteiger partial charge in [0.1, 0.15) is 0 Å². The minimum atomic E-state index is 0.0752. The molecule has 0 aliphatic rings. The highest BCUT2D eigenvalue weighted by Gasteiger charge is 2.14. The Morgan fingerprint density at radius 1 is 1.00 bits per heavy atom. The van der Waals surface area contributed by atoms with E-state index in [-0.39, 0.29) is 5.91 Å². The number of hydrogen-bond acceptors (Lipinski definition) is 3. The van der Waals surface area contributed by atoms with Gasteiger partial charge in [-0.1, -0.05) is 0 Å². The van der Waals surface area contributed by atoms with Crippen molar-refractivity contribution in [3.05, 3.63) is 27.8 Å². The van der Waals surface area contributed by atoms with Crippen molar-refractivity contribution in [3.63, 3.8) is 0 Å². The van der Waals surface area contributed by atoms with Crippen LogP contribution in [0.15, 0.2) is 0 Å². The van der Waals surface area contributed by atoms with Crippen molar-refractivity contribution in [1.29, 1.82) is 0 Å². The topological polar surface area (TPSA) is 38.3 Å². The number of carbonyl (C=O) groups excluding carboxylic acids is 1. The highest BCUT2D eigenvalue weighted by Crippen LogP contribution is 2.30. The Morgan fingerprint density at radius 2 is 1.52 bits per heavy atom. The average molecular weight is 309 g/mol. The number of hydrogen-bond donors (Lipinski definition) is 1. The van der Waals surface area contributed by atoms with Gasteiger partial charge in [0, 0.05) is 19.4 Å². The van der Waals surface area contributed by atoms with Crippen LogP contribution >= 0.6 is 11.8 Å². The smallest absolute Gasteiger partial charge is 0.234 e. The van der Waals surface area contributed by atoms with Crippen LogP contribution in [0.2, 0.25) is 0 Å². The van der Waals surface area contributed by atoms with E-state index in [1.807, 2.05) is 0 Å². The fraction of sp³-hybridized carbons (Fsp3) is 0.588. The molecule has 0 saturated carbocycles. The van der Waals surface area contributed by atoms with E-state index in [0.717, 1.165) is 24.5 Å². The predicted molar refractivity (Wildman–Crippen MR) is 92.6 cm³/mol. The molecule has 0 bridgehead atoms. The molecule has 0 atom stereocenters. The number of nitrogens with one attached hydrogen (secondary N) is 1. The van der Waals surface area contributed by atoms with Gasteiger partial charge in [-0.05, 0) is 74.6 Å². The number of ether oxygens (including phenoxy) is 1. The quantitative estimate of drug-likeness (QED) is 0.775. The Morgan fingerprint density at radius 3 is 2.05 bits per heavy atom. The molecule has 21 heavy (non-hydrogen) atoms. The van der Waals surface area contributed by atoms with Gasteiger partial charge in [0.25, 0.3) is 0 Å². The van der Waals surface area contributed by atoms with Gasteiger partial charge < -0.3 is 10.1 Å². The summed E-state index contributed by atoms with van der Waals surface area (Å²) in [6.45, 7) is 11.3. The molecule has 1 rings (SSSR count). The number of thioether (sulfide) groups is 1. The first kappa shape index (κ1) is 18.1. The first-order chi connectivity index (χ1) is 9.90. The van der Waals surface area contributed by atoms with Crippen molar-refractivity contribution in [2.24, 2.45) is 0 Å². The second-order valence-corrected chi connectivity index (χ2v) is 6.55. The number of benzene rings is 1. The zero-order valence-corrected chi connectivity index (χ0v) is 14.9. The van der Waals surface area contributed by atoms with Crippen LogP contribution in [0.3, 0.4) is 0 Å². The van der Waals surface area contributed by atoms with Gasteiger partial charge >= 0.3 is 0 Å². The molecule has 118 valence electrons. The zero-order valence-electron chi connectivity index (χ0n) is 14.1. The van der Waals surface area contributed by atoms with Gasteiger partial charge in [-0.3, -0.25) is 4.79 Å². The molecule has 1 aromatic carbocycles. The van der Waals surface area contributed by atoms with Crippen LogP contribution in [0, 0.1) is 34.6 Å². The van der Waals surface area contributed by atoms with E-state index in [1.54, 1.807) is 18.9 Å². The molecule has 1 N–H and O–H groups in total. The molecule has 0 aliphatic carbocycles. The Kier molecular flexibility index (Phi) is 7.26. The van der Waals surface area contributed by atoms with E-state index in [0.29, 0.717) is 5.75 Å². The zero-order chi connectivity index (χ0) is 16.0. The maximum atomic E-state index is 12.1. The normalized spacial score (nSPS) is 10.8. The van der Waals surface area contributed by atoms with E-state index >= 15 is 0 Å². The Hall–Kier alpha value is -1.00. The first-order valence-corrected chi connectivity index (χ1v) is 8.49. The number of amides is 1. The Bertz CT molecular complexity index is 483. The minimum Gasteiger partial charge on any atom is -0.385 e. The van der Waals surface area contributed by atoms with E-state index < -0.39 is 0 Å². The van der Waals surface area contributed by atoms with E-state index in [2.05, 4.69) is 39.9 Å². The molecule has 1 amide bonds.